The van der Waals surface area contributed by atoms with Crippen molar-refractivity contribution in [2.24, 2.45) is 0 Å². The maximum Gasteiger partial charge on any atom is 0.285 e. The van der Waals surface area contributed by atoms with Gasteiger partial charge in [0.2, 0.25) is 0 Å². The quantitative estimate of drug-likeness (QED) is 0.163. The van der Waals surface area contributed by atoms with Gasteiger partial charge in [0.15, 0.2) is 11.6 Å². The minimum Gasteiger partial charge on any atom is -0.289 e. The van der Waals surface area contributed by atoms with E-state index in [9.17, 15) is 29.8 Å². The summed E-state index contributed by atoms with van der Waals surface area (Å²) in [5, 5.41) is 27.4. The van der Waals surface area contributed by atoms with E-state index in [2.05, 4.69) is 0 Å². The molecule has 6 aromatic rings. The van der Waals surface area contributed by atoms with E-state index >= 15 is 0 Å². The first-order valence-electron chi connectivity index (χ1n) is 13.1. The minimum absolute atomic E-state index is 0.160. The number of carbonyl (C=O) groups is 2. The first-order chi connectivity index (χ1) is 20.3. The SMILES string of the molecule is O=C1c2cccc([N+](=O)[O-])c2-c2cc(-c3cc4cccc5c4c(c3[N+](=O)[O-])-c3ccccc3C5=O)cc3cccc1c23. The zero-order valence-corrected chi connectivity index (χ0v) is 21.6. The predicted molar refractivity (Wildman–Crippen MR) is 158 cm³/mol. The Hall–Kier alpha value is -6.02. The molecule has 0 heterocycles. The third kappa shape index (κ3) is 3.00. The van der Waals surface area contributed by atoms with Gasteiger partial charge in [0.25, 0.3) is 11.4 Å². The fraction of sp³-hybridized carbons (Fsp3) is 0. The maximum absolute atomic E-state index is 13.4. The zero-order chi connectivity index (χ0) is 28.9. The second kappa shape index (κ2) is 8.25. The van der Waals surface area contributed by atoms with Crippen LogP contribution in [0.15, 0.2) is 97.1 Å². The third-order valence-corrected chi connectivity index (χ3v) is 8.29. The number of ketones is 2. The first kappa shape index (κ1) is 23.8. The highest BCUT2D eigenvalue weighted by Crippen LogP contribution is 2.51. The first-order valence-corrected chi connectivity index (χ1v) is 13.1. The Morgan fingerprint density at radius 3 is 1.79 bits per heavy atom. The van der Waals surface area contributed by atoms with Crippen molar-refractivity contribution in [3.8, 4) is 33.4 Å². The molecular weight excluding hydrogens is 532 g/mol. The number of hydrogen-bond donors (Lipinski definition) is 0. The molecule has 0 aromatic heterocycles. The van der Waals surface area contributed by atoms with Crippen molar-refractivity contribution >= 4 is 44.5 Å². The standard InChI is InChI=1S/C34H16N2O6/c37-33-21-9-2-1-8-20(21)31-29-18(7-4-11-23(29)33)15-25(32(31)36(41)42)19-14-17-6-3-10-22-28(17)26(16-19)30-24(34(22)38)12-5-13-27(30)35(39)40/h1-16H. The summed E-state index contributed by atoms with van der Waals surface area (Å²) in [6, 6.07) is 26.9. The predicted octanol–water partition coefficient (Wildman–Crippen LogP) is 7.90. The van der Waals surface area contributed by atoms with Crippen molar-refractivity contribution in [1.29, 1.82) is 0 Å². The van der Waals surface area contributed by atoms with Crippen LogP contribution in [-0.4, -0.2) is 21.4 Å². The van der Waals surface area contributed by atoms with E-state index in [0.717, 1.165) is 0 Å². The van der Waals surface area contributed by atoms with Gasteiger partial charge in [-0.3, -0.25) is 29.8 Å². The highest BCUT2D eigenvalue weighted by atomic mass is 16.6. The van der Waals surface area contributed by atoms with Gasteiger partial charge >= 0.3 is 0 Å². The molecule has 0 saturated carbocycles. The average molecular weight is 549 g/mol. The summed E-state index contributed by atoms with van der Waals surface area (Å²) in [6.45, 7) is 0. The van der Waals surface area contributed by atoms with Gasteiger partial charge in [-0.15, -0.1) is 0 Å². The Morgan fingerprint density at radius 1 is 0.476 bits per heavy atom. The molecule has 0 amide bonds. The van der Waals surface area contributed by atoms with Crippen LogP contribution in [0, 0.1) is 20.2 Å². The molecule has 2 aliphatic carbocycles. The highest BCUT2D eigenvalue weighted by Gasteiger charge is 2.35. The molecule has 0 unspecified atom stereocenters. The molecule has 6 aromatic carbocycles. The van der Waals surface area contributed by atoms with Crippen LogP contribution in [0.5, 0.6) is 0 Å². The molecule has 0 N–H and O–H groups in total. The number of hydrogen-bond acceptors (Lipinski definition) is 6. The molecule has 2 aliphatic rings. The van der Waals surface area contributed by atoms with Crippen LogP contribution < -0.4 is 0 Å². The summed E-state index contributed by atoms with van der Waals surface area (Å²) in [5.74, 6) is -0.503. The molecule has 0 radical (unpaired) electrons. The number of carbonyl (C=O) groups excluding carboxylic acids is 2. The molecule has 0 atom stereocenters. The largest absolute Gasteiger partial charge is 0.289 e. The number of nitro groups is 2. The molecule has 0 spiro atoms. The van der Waals surface area contributed by atoms with Gasteiger partial charge in [0.05, 0.1) is 26.5 Å². The zero-order valence-electron chi connectivity index (χ0n) is 21.6. The van der Waals surface area contributed by atoms with Crippen LogP contribution in [0.3, 0.4) is 0 Å². The van der Waals surface area contributed by atoms with Gasteiger partial charge < -0.3 is 0 Å². The fourth-order valence-electron chi connectivity index (χ4n) is 6.63. The molecule has 0 bridgehead atoms. The molecule has 0 saturated heterocycles. The second-order valence-electron chi connectivity index (χ2n) is 10.4. The molecule has 198 valence electrons. The minimum atomic E-state index is -0.517. The molecule has 0 aliphatic heterocycles. The van der Waals surface area contributed by atoms with E-state index in [1.54, 1.807) is 78.9 Å². The van der Waals surface area contributed by atoms with Gasteiger partial charge in [-0.1, -0.05) is 66.7 Å². The molecule has 8 nitrogen and oxygen atoms in total. The number of benzene rings is 6. The number of fused-ring (bicyclic) bond motifs is 4. The molecule has 42 heavy (non-hydrogen) atoms. The Kier molecular flexibility index (Phi) is 4.68. The maximum atomic E-state index is 13.4. The smallest absolute Gasteiger partial charge is 0.285 e. The Bertz CT molecular complexity index is 2300. The van der Waals surface area contributed by atoms with Crippen molar-refractivity contribution < 1.29 is 19.4 Å². The van der Waals surface area contributed by atoms with Crippen LogP contribution >= 0.6 is 0 Å². The second-order valence-corrected chi connectivity index (χ2v) is 10.4. The molecule has 8 heteroatoms. The summed E-state index contributed by atoms with van der Waals surface area (Å²) < 4.78 is 0. The van der Waals surface area contributed by atoms with Crippen LogP contribution in [-0.2, 0) is 0 Å². The van der Waals surface area contributed by atoms with Gasteiger partial charge in [-0.25, -0.2) is 0 Å². The van der Waals surface area contributed by atoms with E-state index in [4.69, 9.17) is 0 Å². The number of nitrogens with zero attached hydrogens (tertiary/aromatic N) is 2. The van der Waals surface area contributed by atoms with Crippen LogP contribution in [0.2, 0.25) is 0 Å². The van der Waals surface area contributed by atoms with E-state index in [0.29, 0.717) is 66.1 Å². The lowest BCUT2D eigenvalue weighted by molar-refractivity contribution is -0.384. The average Bonchev–Trinajstić information content (AvgIpc) is 3.00. The molecular formula is C34H16N2O6. The summed E-state index contributed by atoms with van der Waals surface area (Å²) in [4.78, 5) is 50.9. The summed E-state index contributed by atoms with van der Waals surface area (Å²) >= 11 is 0. The Labute approximate surface area is 236 Å². The molecule has 0 fully saturated rings. The van der Waals surface area contributed by atoms with Gasteiger partial charge in [-0.05, 0) is 46.2 Å². The normalized spacial score (nSPS) is 12.8. The van der Waals surface area contributed by atoms with E-state index in [1.807, 2.05) is 6.07 Å². The summed E-state index contributed by atoms with van der Waals surface area (Å²) in [5.41, 5.74) is 3.33. The lowest BCUT2D eigenvalue weighted by atomic mass is 9.78. The van der Waals surface area contributed by atoms with Crippen LogP contribution in [0.1, 0.15) is 31.8 Å². The lowest BCUT2D eigenvalue weighted by Crippen LogP contribution is -2.12. The van der Waals surface area contributed by atoms with Crippen molar-refractivity contribution in [3.63, 3.8) is 0 Å². The van der Waals surface area contributed by atoms with Gasteiger partial charge in [-0.2, -0.15) is 0 Å². The Balaban J connectivity index is 1.54. The van der Waals surface area contributed by atoms with Crippen molar-refractivity contribution in [3.05, 3.63) is 140 Å². The summed E-state index contributed by atoms with van der Waals surface area (Å²) in [6.07, 6.45) is 0. The van der Waals surface area contributed by atoms with Crippen molar-refractivity contribution in [1.82, 2.24) is 0 Å². The van der Waals surface area contributed by atoms with Crippen LogP contribution in [0.25, 0.3) is 54.9 Å². The topological polar surface area (TPSA) is 120 Å². The van der Waals surface area contributed by atoms with Crippen LogP contribution in [0.4, 0.5) is 11.4 Å². The van der Waals surface area contributed by atoms with Crippen molar-refractivity contribution in [2.45, 2.75) is 0 Å². The van der Waals surface area contributed by atoms with Crippen molar-refractivity contribution in [2.75, 3.05) is 0 Å². The molecule has 8 rings (SSSR count). The number of rotatable bonds is 3. The van der Waals surface area contributed by atoms with E-state index < -0.39 is 9.85 Å². The van der Waals surface area contributed by atoms with Gasteiger partial charge in [0, 0.05) is 44.7 Å². The van der Waals surface area contributed by atoms with Gasteiger partial charge in [0.1, 0.15) is 0 Å². The lowest BCUT2D eigenvalue weighted by Gasteiger charge is -2.23. The monoisotopic (exact) mass is 548 g/mol. The highest BCUT2D eigenvalue weighted by molar-refractivity contribution is 6.29. The third-order valence-electron chi connectivity index (χ3n) is 8.29. The van der Waals surface area contributed by atoms with E-state index in [-0.39, 0.29) is 34.1 Å². The van der Waals surface area contributed by atoms with E-state index in [1.165, 1.54) is 12.1 Å². The summed E-state index contributed by atoms with van der Waals surface area (Å²) in [7, 11) is 0. The Morgan fingerprint density at radius 2 is 1.07 bits per heavy atom. The fourth-order valence-corrected chi connectivity index (χ4v) is 6.63. The number of nitro benzene ring substituents is 2.